The molecule has 0 atom stereocenters. The molecule has 0 bridgehead atoms. The van der Waals surface area contributed by atoms with Crippen LogP contribution in [0.2, 0.25) is 0 Å². The fourth-order valence-corrected chi connectivity index (χ4v) is 2.15. The van der Waals surface area contributed by atoms with E-state index < -0.39 is 5.54 Å². The molecule has 1 aromatic heterocycles. The number of amides is 1. The van der Waals surface area contributed by atoms with Gasteiger partial charge in [0.1, 0.15) is 5.82 Å². The molecule has 0 fully saturated rings. The summed E-state index contributed by atoms with van der Waals surface area (Å²) in [5.41, 5.74) is 6.71. The van der Waals surface area contributed by atoms with Crippen LogP contribution >= 0.6 is 0 Å². The first-order valence-electron chi connectivity index (χ1n) is 7.67. The predicted octanol–water partition coefficient (Wildman–Crippen LogP) is 1.71. The average molecular weight is 319 g/mol. The summed E-state index contributed by atoms with van der Waals surface area (Å²) in [6.45, 7) is 4.72. The van der Waals surface area contributed by atoms with Crippen LogP contribution < -0.4 is 11.1 Å². The highest BCUT2D eigenvalue weighted by molar-refractivity contribution is 5.91. The van der Waals surface area contributed by atoms with Crippen LogP contribution in [0.3, 0.4) is 0 Å². The van der Waals surface area contributed by atoms with Crippen molar-refractivity contribution in [1.82, 2.24) is 20.3 Å². The first kappa shape index (κ1) is 17.1. The molecule has 6 nitrogen and oxygen atoms in total. The van der Waals surface area contributed by atoms with Crippen molar-refractivity contribution < 1.29 is 9.18 Å². The van der Waals surface area contributed by atoms with Crippen molar-refractivity contribution in [3.05, 3.63) is 47.5 Å². The topological polar surface area (TPSA) is 85.8 Å². The van der Waals surface area contributed by atoms with Crippen LogP contribution in [0.15, 0.2) is 30.5 Å². The van der Waals surface area contributed by atoms with Crippen LogP contribution in [-0.2, 0) is 6.54 Å². The van der Waals surface area contributed by atoms with Crippen molar-refractivity contribution in [3.8, 4) is 0 Å². The van der Waals surface area contributed by atoms with Gasteiger partial charge in [-0.25, -0.2) is 9.07 Å². The number of hydrogen-bond donors (Lipinski definition) is 2. The quantitative estimate of drug-likeness (QED) is 0.813. The molecule has 0 unspecified atom stereocenters. The zero-order chi connectivity index (χ0) is 16.9. The van der Waals surface area contributed by atoms with E-state index in [4.69, 9.17) is 5.73 Å². The first-order valence-corrected chi connectivity index (χ1v) is 7.67. The summed E-state index contributed by atoms with van der Waals surface area (Å²) in [7, 11) is 0. The minimum atomic E-state index is -0.410. The molecule has 3 N–H and O–H groups in total. The lowest BCUT2D eigenvalue weighted by Crippen LogP contribution is -2.49. The van der Waals surface area contributed by atoms with Crippen LogP contribution in [0, 0.1) is 5.82 Å². The molecule has 0 saturated heterocycles. The molecule has 0 aliphatic rings. The lowest BCUT2D eigenvalue weighted by atomic mass is 9.94. The number of benzene rings is 1. The van der Waals surface area contributed by atoms with Crippen molar-refractivity contribution in [1.29, 1.82) is 0 Å². The largest absolute Gasteiger partial charge is 0.349 e. The molecule has 0 saturated carbocycles. The van der Waals surface area contributed by atoms with Gasteiger partial charge in [0.15, 0.2) is 5.69 Å². The minimum Gasteiger partial charge on any atom is -0.349 e. The third kappa shape index (κ3) is 4.59. The van der Waals surface area contributed by atoms with Gasteiger partial charge >= 0.3 is 0 Å². The fraction of sp³-hybridized carbons (Fsp3) is 0.438. The molecule has 2 rings (SSSR count). The third-order valence-electron chi connectivity index (χ3n) is 4.01. The highest BCUT2D eigenvalue weighted by atomic mass is 19.1. The van der Waals surface area contributed by atoms with Crippen LogP contribution in [0.4, 0.5) is 4.39 Å². The standard InChI is InChI=1S/C16H22FN5O/c1-3-16(18,4-2)11-19-15(23)14-10-22(21-20-14)9-12-6-5-7-13(17)8-12/h5-8,10H,3-4,9,11,18H2,1-2H3,(H,19,23). The van der Waals surface area contributed by atoms with Crippen molar-refractivity contribution in [2.45, 2.75) is 38.8 Å². The van der Waals surface area contributed by atoms with E-state index in [2.05, 4.69) is 15.6 Å². The Bertz CT molecular complexity index is 666. The molecule has 23 heavy (non-hydrogen) atoms. The molecule has 1 heterocycles. The number of carbonyl (C=O) groups is 1. The van der Waals surface area contributed by atoms with Crippen LogP contribution in [0.1, 0.15) is 42.7 Å². The van der Waals surface area contributed by atoms with Gasteiger partial charge in [-0.15, -0.1) is 5.10 Å². The number of nitrogens with zero attached hydrogens (tertiary/aromatic N) is 3. The Kier molecular flexibility index (Phi) is 5.44. The molecule has 0 radical (unpaired) electrons. The van der Waals surface area contributed by atoms with Gasteiger partial charge in [-0.2, -0.15) is 0 Å². The number of rotatable bonds is 7. The highest BCUT2D eigenvalue weighted by Gasteiger charge is 2.22. The SMILES string of the molecule is CCC(N)(CC)CNC(=O)c1cn(Cc2cccc(F)c2)nn1. The Morgan fingerprint density at radius 2 is 2.13 bits per heavy atom. The van der Waals surface area contributed by atoms with E-state index in [9.17, 15) is 9.18 Å². The van der Waals surface area contributed by atoms with E-state index in [-0.39, 0.29) is 17.4 Å². The second kappa shape index (κ2) is 7.32. The number of nitrogens with one attached hydrogen (secondary N) is 1. The van der Waals surface area contributed by atoms with Crippen molar-refractivity contribution in [3.63, 3.8) is 0 Å². The molecule has 124 valence electrons. The van der Waals surface area contributed by atoms with Gasteiger partial charge in [-0.05, 0) is 30.5 Å². The first-order chi connectivity index (χ1) is 11.0. The van der Waals surface area contributed by atoms with Gasteiger partial charge in [-0.1, -0.05) is 31.2 Å². The molecule has 1 amide bonds. The number of carbonyl (C=O) groups excluding carboxylic acids is 1. The summed E-state index contributed by atoms with van der Waals surface area (Å²) >= 11 is 0. The minimum absolute atomic E-state index is 0.218. The Morgan fingerprint density at radius 3 is 2.78 bits per heavy atom. The van der Waals surface area contributed by atoms with Crippen molar-refractivity contribution in [2.24, 2.45) is 5.73 Å². The summed E-state index contributed by atoms with van der Waals surface area (Å²) in [5, 5.41) is 10.5. The Labute approximate surface area is 134 Å². The van der Waals surface area contributed by atoms with Crippen LogP contribution in [0.25, 0.3) is 0 Å². The Hall–Kier alpha value is -2.28. The van der Waals surface area contributed by atoms with Gasteiger partial charge in [-0.3, -0.25) is 4.79 Å². The maximum absolute atomic E-state index is 13.2. The van der Waals surface area contributed by atoms with Crippen LogP contribution in [-0.4, -0.2) is 33.0 Å². The smallest absolute Gasteiger partial charge is 0.273 e. The summed E-state index contributed by atoms with van der Waals surface area (Å²) < 4.78 is 14.7. The van der Waals surface area contributed by atoms with E-state index in [0.29, 0.717) is 13.1 Å². The highest BCUT2D eigenvalue weighted by Crippen LogP contribution is 2.10. The van der Waals surface area contributed by atoms with E-state index in [0.717, 1.165) is 18.4 Å². The molecule has 7 heteroatoms. The Morgan fingerprint density at radius 1 is 1.39 bits per heavy atom. The van der Waals surface area contributed by atoms with E-state index in [1.54, 1.807) is 12.1 Å². The lowest BCUT2D eigenvalue weighted by Gasteiger charge is -2.26. The number of halogens is 1. The molecule has 1 aromatic carbocycles. The molecule has 0 aliphatic carbocycles. The summed E-state index contributed by atoms with van der Waals surface area (Å²) in [4.78, 5) is 12.1. The van der Waals surface area contributed by atoms with Crippen molar-refractivity contribution >= 4 is 5.91 Å². The predicted molar refractivity (Wildman–Crippen MR) is 85.4 cm³/mol. The van der Waals surface area contributed by atoms with Gasteiger partial charge in [0.05, 0.1) is 12.7 Å². The number of aromatic nitrogens is 3. The average Bonchev–Trinajstić information content (AvgIpc) is 3.01. The van der Waals surface area contributed by atoms with Gasteiger partial charge in [0.25, 0.3) is 5.91 Å². The summed E-state index contributed by atoms with van der Waals surface area (Å²) in [5.74, 6) is -0.619. The molecule has 0 spiro atoms. The zero-order valence-electron chi connectivity index (χ0n) is 13.4. The number of nitrogens with two attached hydrogens (primary N) is 1. The van der Waals surface area contributed by atoms with Gasteiger partial charge < -0.3 is 11.1 Å². The van der Waals surface area contributed by atoms with E-state index in [1.165, 1.54) is 23.0 Å². The van der Waals surface area contributed by atoms with Gasteiger partial charge in [0.2, 0.25) is 0 Å². The normalized spacial score (nSPS) is 11.5. The monoisotopic (exact) mass is 319 g/mol. The second-order valence-corrected chi connectivity index (χ2v) is 5.68. The summed E-state index contributed by atoms with van der Waals surface area (Å²) in [6, 6.07) is 6.22. The zero-order valence-corrected chi connectivity index (χ0v) is 13.4. The molecular weight excluding hydrogens is 297 g/mol. The summed E-state index contributed by atoms with van der Waals surface area (Å²) in [6.07, 6.45) is 3.09. The van der Waals surface area contributed by atoms with E-state index >= 15 is 0 Å². The second-order valence-electron chi connectivity index (χ2n) is 5.68. The number of hydrogen-bond acceptors (Lipinski definition) is 4. The maximum atomic E-state index is 13.2. The maximum Gasteiger partial charge on any atom is 0.273 e. The molecule has 2 aromatic rings. The fourth-order valence-electron chi connectivity index (χ4n) is 2.15. The Balaban J connectivity index is 1.97. The molecule has 0 aliphatic heterocycles. The van der Waals surface area contributed by atoms with E-state index in [1.807, 2.05) is 13.8 Å². The van der Waals surface area contributed by atoms with Crippen molar-refractivity contribution in [2.75, 3.05) is 6.54 Å². The third-order valence-corrected chi connectivity index (χ3v) is 4.01. The van der Waals surface area contributed by atoms with Crippen LogP contribution in [0.5, 0.6) is 0 Å². The van der Waals surface area contributed by atoms with Gasteiger partial charge in [0, 0.05) is 12.1 Å². The lowest BCUT2D eigenvalue weighted by molar-refractivity contribution is 0.0937. The molecular formula is C16H22FN5O.